The monoisotopic (exact) mass is 786 g/mol. The van der Waals surface area contributed by atoms with E-state index in [4.69, 9.17) is 21.1 Å². The summed E-state index contributed by atoms with van der Waals surface area (Å²) in [4.78, 5) is 37.7. The van der Waals surface area contributed by atoms with E-state index in [1.807, 2.05) is 12.1 Å². The summed E-state index contributed by atoms with van der Waals surface area (Å²) in [5.74, 6) is -1.76. The Bertz CT molecular complexity index is 1770. The molecule has 53 heavy (non-hydrogen) atoms. The van der Waals surface area contributed by atoms with Crippen LogP contribution in [0.15, 0.2) is 48.0 Å². The second-order valence-electron chi connectivity index (χ2n) is 13.7. The van der Waals surface area contributed by atoms with Crippen molar-refractivity contribution in [1.29, 1.82) is 0 Å². The van der Waals surface area contributed by atoms with Crippen LogP contribution in [-0.2, 0) is 34.8 Å². The third-order valence-corrected chi connectivity index (χ3v) is 11.5. The van der Waals surface area contributed by atoms with Gasteiger partial charge in [-0.2, -0.15) is 26.3 Å². The van der Waals surface area contributed by atoms with Gasteiger partial charge in [0.25, 0.3) is 11.8 Å². The van der Waals surface area contributed by atoms with E-state index >= 15 is 4.79 Å². The number of carbonyl (C=O) groups is 2. The molecule has 16 heteroatoms. The number of benzene rings is 1. The van der Waals surface area contributed by atoms with Crippen LogP contribution in [0.25, 0.3) is 0 Å². The van der Waals surface area contributed by atoms with Crippen molar-refractivity contribution < 1.29 is 45.4 Å². The van der Waals surface area contributed by atoms with Crippen LogP contribution in [0.3, 0.4) is 0 Å². The molecule has 0 N–H and O–H groups in total. The lowest BCUT2D eigenvalue weighted by Crippen LogP contribution is -2.69. The predicted octanol–water partition coefficient (Wildman–Crippen LogP) is 8.12. The Labute approximate surface area is 313 Å². The summed E-state index contributed by atoms with van der Waals surface area (Å²) in [6, 6.07) is 6.65. The number of alkyl halides is 6. The number of halogens is 7. The molecule has 3 atom stereocenters. The van der Waals surface area contributed by atoms with Crippen LogP contribution in [-0.4, -0.2) is 88.6 Å². The van der Waals surface area contributed by atoms with Crippen molar-refractivity contribution in [2.75, 3.05) is 39.4 Å². The van der Waals surface area contributed by atoms with Crippen molar-refractivity contribution in [3.63, 3.8) is 0 Å². The molecule has 2 aromatic heterocycles. The Balaban J connectivity index is 1.42. The zero-order valence-corrected chi connectivity index (χ0v) is 30.7. The van der Waals surface area contributed by atoms with Crippen LogP contribution in [0, 0.1) is 0 Å². The van der Waals surface area contributed by atoms with E-state index < -0.39 is 51.9 Å². The number of likely N-dealkylation sites (tertiary alicyclic amines) is 1. The zero-order valence-electron chi connectivity index (χ0n) is 29.1. The van der Waals surface area contributed by atoms with Crippen molar-refractivity contribution in [1.82, 2.24) is 19.7 Å². The van der Waals surface area contributed by atoms with Crippen molar-refractivity contribution in [2.24, 2.45) is 0 Å². The van der Waals surface area contributed by atoms with E-state index in [2.05, 4.69) is 9.88 Å². The lowest BCUT2D eigenvalue weighted by Gasteiger charge is -2.51. The maximum Gasteiger partial charge on any atom is 0.425 e. The fourth-order valence-corrected chi connectivity index (χ4v) is 8.68. The SMILES string of the molecule is CCC[C@H]1N(C(=O)c2ncccc2C(F)(F)F)CCC[C@]1(Oc1csc(C(F)(F)F)c1)C(=O)N1Cc2ccc(Cl)cc2C[C@@H]1CCCN1CCOCC1. The molecule has 8 nitrogen and oxygen atoms in total. The standard InChI is InChI=1S/C37H41ClF6N4O4S/c1-2-6-30-35(52-28-21-31(53-23-28)37(42,43)44,11-5-14-47(30)33(49)32-29(36(39,40)41)8-3-12-45-32)34(50)48-22-24-9-10-26(38)19-25(24)20-27(48)7-4-13-46-15-17-51-18-16-46/h3,8-10,12,19,21,23,27,30H,2,4-7,11,13-18,20,22H2,1H3/t27-,30+,35+/m0/s1. The van der Waals surface area contributed by atoms with Gasteiger partial charge < -0.3 is 19.3 Å². The highest BCUT2D eigenvalue weighted by Crippen LogP contribution is 2.44. The Morgan fingerprint density at radius 2 is 1.79 bits per heavy atom. The van der Waals surface area contributed by atoms with Gasteiger partial charge in [-0.25, -0.2) is 0 Å². The fraction of sp³-hybridized carbons (Fsp3) is 0.541. The molecule has 0 spiro atoms. The van der Waals surface area contributed by atoms with Gasteiger partial charge in [-0.15, -0.1) is 11.3 Å². The first-order valence-electron chi connectivity index (χ1n) is 17.8. The summed E-state index contributed by atoms with van der Waals surface area (Å²) in [7, 11) is 0. The van der Waals surface area contributed by atoms with Gasteiger partial charge >= 0.3 is 12.4 Å². The first-order chi connectivity index (χ1) is 25.2. The molecule has 3 aliphatic rings. The van der Waals surface area contributed by atoms with Crippen molar-refractivity contribution in [3.8, 4) is 5.75 Å². The highest BCUT2D eigenvalue weighted by atomic mass is 35.5. The van der Waals surface area contributed by atoms with Crippen LogP contribution in [0.5, 0.6) is 5.75 Å². The minimum atomic E-state index is -4.89. The molecule has 288 valence electrons. The molecule has 0 bridgehead atoms. The van der Waals surface area contributed by atoms with E-state index in [1.165, 1.54) is 10.3 Å². The second-order valence-corrected chi connectivity index (χ2v) is 15.1. The largest absolute Gasteiger partial charge is 0.474 e. The van der Waals surface area contributed by atoms with Crippen LogP contribution < -0.4 is 4.74 Å². The van der Waals surface area contributed by atoms with E-state index in [1.54, 1.807) is 17.9 Å². The van der Waals surface area contributed by atoms with Crippen molar-refractivity contribution in [2.45, 2.75) is 88.5 Å². The lowest BCUT2D eigenvalue weighted by molar-refractivity contribution is -0.163. The zero-order chi connectivity index (χ0) is 38.0. The molecular weight excluding hydrogens is 746 g/mol. The van der Waals surface area contributed by atoms with Crippen LogP contribution in [0.2, 0.25) is 5.02 Å². The van der Waals surface area contributed by atoms with E-state index in [-0.39, 0.29) is 44.1 Å². The maximum absolute atomic E-state index is 15.4. The summed E-state index contributed by atoms with van der Waals surface area (Å²) >= 11 is 6.79. The quantitative estimate of drug-likeness (QED) is 0.194. The molecule has 3 aliphatic heterocycles. The molecule has 0 radical (unpaired) electrons. The number of nitrogens with zero attached hydrogens (tertiary/aromatic N) is 4. The van der Waals surface area contributed by atoms with E-state index in [0.29, 0.717) is 48.8 Å². The topological polar surface area (TPSA) is 75.2 Å². The van der Waals surface area contributed by atoms with Gasteiger partial charge in [0.2, 0.25) is 5.60 Å². The fourth-order valence-electron chi connectivity index (χ4n) is 7.80. The van der Waals surface area contributed by atoms with Gasteiger partial charge in [0.1, 0.15) is 16.3 Å². The minimum Gasteiger partial charge on any atom is -0.474 e. The first-order valence-corrected chi connectivity index (χ1v) is 19.0. The average Bonchev–Trinajstić information content (AvgIpc) is 3.61. The third kappa shape index (κ3) is 8.63. The molecule has 3 aromatic rings. The van der Waals surface area contributed by atoms with Gasteiger partial charge in [0, 0.05) is 61.3 Å². The molecule has 6 rings (SSSR count). The number of amides is 2. The summed E-state index contributed by atoms with van der Waals surface area (Å²) in [6.07, 6.45) is -5.99. The number of hydrogen-bond acceptors (Lipinski definition) is 7. The van der Waals surface area contributed by atoms with Gasteiger partial charge in [-0.1, -0.05) is 31.0 Å². The lowest BCUT2D eigenvalue weighted by atomic mass is 9.78. The molecule has 0 aliphatic carbocycles. The number of carbonyl (C=O) groups excluding carboxylic acids is 2. The van der Waals surface area contributed by atoms with Gasteiger partial charge in [0.05, 0.1) is 24.8 Å². The first kappa shape index (κ1) is 39.3. The second kappa shape index (κ2) is 16.1. The van der Waals surface area contributed by atoms with Crippen molar-refractivity contribution in [3.05, 3.63) is 80.3 Å². The Morgan fingerprint density at radius 1 is 1.02 bits per heavy atom. The summed E-state index contributed by atoms with van der Waals surface area (Å²) < 4.78 is 95.8. The summed E-state index contributed by atoms with van der Waals surface area (Å²) in [5, 5.41) is 1.72. The Hall–Kier alpha value is -3.40. The highest BCUT2D eigenvalue weighted by molar-refractivity contribution is 7.10. The van der Waals surface area contributed by atoms with Crippen LogP contribution >= 0.6 is 22.9 Å². The number of aromatic nitrogens is 1. The van der Waals surface area contributed by atoms with Crippen molar-refractivity contribution >= 4 is 34.8 Å². The average molecular weight is 787 g/mol. The van der Waals surface area contributed by atoms with Crippen LogP contribution in [0.1, 0.15) is 77.5 Å². The maximum atomic E-state index is 15.4. The molecule has 0 unspecified atom stereocenters. The number of ether oxygens (including phenoxy) is 2. The highest BCUT2D eigenvalue weighted by Gasteiger charge is 2.57. The van der Waals surface area contributed by atoms with Gasteiger partial charge in [-0.05, 0) is 74.0 Å². The van der Waals surface area contributed by atoms with Gasteiger partial charge in [0.15, 0.2) is 0 Å². The smallest absolute Gasteiger partial charge is 0.425 e. The molecule has 1 aromatic carbocycles. The molecule has 2 saturated heterocycles. The number of pyridine rings is 1. The summed E-state index contributed by atoms with van der Waals surface area (Å²) in [6.45, 7) is 5.57. The van der Waals surface area contributed by atoms with Gasteiger partial charge in [-0.3, -0.25) is 19.5 Å². The molecule has 5 heterocycles. The molecule has 2 amide bonds. The number of thiophene rings is 1. The summed E-state index contributed by atoms with van der Waals surface area (Å²) in [5.41, 5.74) is -2.14. The number of morpholine rings is 1. The number of hydrogen-bond donors (Lipinski definition) is 0. The Morgan fingerprint density at radius 3 is 2.49 bits per heavy atom. The minimum absolute atomic E-state index is 0.00247. The number of piperidine rings is 1. The molecular formula is C37H41ClF6N4O4S. The molecule has 0 saturated carbocycles. The number of rotatable bonds is 10. The third-order valence-electron chi connectivity index (χ3n) is 10.3. The molecule has 2 fully saturated rings. The predicted molar refractivity (Wildman–Crippen MR) is 187 cm³/mol. The number of fused-ring (bicyclic) bond motifs is 1. The Kier molecular flexibility index (Phi) is 12.0. The van der Waals surface area contributed by atoms with E-state index in [9.17, 15) is 31.1 Å². The van der Waals surface area contributed by atoms with E-state index in [0.717, 1.165) is 61.6 Å². The normalized spacial score (nSPS) is 22.8. The van der Waals surface area contributed by atoms with Crippen LogP contribution in [0.4, 0.5) is 26.3 Å².